The number of phenolic OH excluding ortho intramolecular Hbond substituents is 4. The van der Waals surface area contributed by atoms with Crippen LogP contribution in [0, 0.1) is 0 Å². The average Bonchev–Trinajstić information content (AvgIpc) is 3.04. The molecule has 0 unspecified atom stereocenters. The molecular formula is C32H51Mn2N6O8+2. The zero-order valence-corrected chi connectivity index (χ0v) is 31.5. The Kier molecular flexibility index (Phi) is 21.0. The van der Waals surface area contributed by atoms with Crippen LogP contribution in [0.4, 0.5) is 0 Å². The van der Waals surface area contributed by atoms with E-state index in [2.05, 4.69) is 72.3 Å². The molecule has 14 nitrogen and oxygen atoms in total. The Bertz CT molecular complexity index is 1520. The van der Waals surface area contributed by atoms with E-state index < -0.39 is 45.4 Å². The van der Waals surface area contributed by atoms with Gasteiger partial charge >= 0.3 is 28.3 Å². The van der Waals surface area contributed by atoms with Crippen LogP contribution >= 0.6 is 0 Å². The normalized spacial score (nSPS) is 11.2. The van der Waals surface area contributed by atoms with Crippen molar-refractivity contribution in [3.63, 3.8) is 0 Å². The summed E-state index contributed by atoms with van der Waals surface area (Å²) in [7, 11) is 12.5. The van der Waals surface area contributed by atoms with Crippen LogP contribution in [0.2, 0.25) is 0 Å². The van der Waals surface area contributed by atoms with Crippen LogP contribution in [-0.4, -0.2) is 148 Å². The number of nitrogens with zero attached hydrogens (tertiary/aromatic N) is 5. The van der Waals surface area contributed by atoms with Gasteiger partial charge in [0.1, 0.15) is 0 Å². The number of benzene rings is 2. The van der Waals surface area contributed by atoms with E-state index in [1.54, 1.807) is 0 Å². The molecule has 4 aromatic rings. The van der Waals surface area contributed by atoms with Gasteiger partial charge in [-0.1, -0.05) is 13.8 Å². The van der Waals surface area contributed by atoms with E-state index in [4.69, 9.17) is 8.83 Å². The number of rotatable bonds is 14. The molecule has 0 aliphatic rings. The van der Waals surface area contributed by atoms with E-state index in [1.807, 2.05) is 14.1 Å². The monoisotopic (exact) mass is 757 g/mol. The standard InChI is InChI=1S/C14H6O8.C9H23N3.C9H22N3.2Mn/c15-5-1-3-7-8-4(14(20)22-11(7)9(5)17)2-6(16)10(18)12(8)21-13(3)19;2*1-5-11(3)8-9-12(4)7-6-10-2;;/h1-2,15-18H;10H,5-9H2,1-4H3;5-9H2,1-4H3;;/q;;-1;;+3. The second-order valence-electron chi connectivity index (χ2n) is 11.3. The zero-order chi connectivity index (χ0) is 34.6. The Morgan fingerprint density at radius 2 is 1.06 bits per heavy atom. The number of aromatic hydroxyl groups is 4. The third-order valence-electron chi connectivity index (χ3n) is 7.81. The first kappa shape index (κ1) is 45.4. The Morgan fingerprint density at radius 3 is 1.42 bits per heavy atom. The molecule has 1 radical (unpaired) electrons. The maximum absolute atomic E-state index is 12.0. The molecule has 5 N–H and O–H groups in total. The maximum Gasteiger partial charge on any atom is 3.00 e. The molecule has 2 aromatic carbocycles. The summed E-state index contributed by atoms with van der Waals surface area (Å²) in [4.78, 5) is 33.3. The fraction of sp³-hybridized carbons (Fsp3) is 0.562. The summed E-state index contributed by atoms with van der Waals surface area (Å²) in [5.74, 6) is -2.75. The second-order valence-corrected chi connectivity index (χ2v) is 11.3. The summed E-state index contributed by atoms with van der Waals surface area (Å²) < 4.78 is 9.87. The summed E-state index contributed by atoms with van der Waals surface area (Å²) in [6.07, 6.45) is 0. The van der Waals surface area contributed by atoms with Crippen LogP contribution in [-0.2, 0) is 34.1 Å². The van der Waals surface area contributed by atoms with Gasteiger partial charge in [-0.15, -0.1) is 6.54 Å². The minimum Gasteiger partial charge on any atom is -0.664 e. The average molecular weight is 758 g/mol. The van der Waals surface area contributed by atoms with Gasteiger partial charge < -0.3 is 59.5 Å². The fourth-order valence-corrected chi connectivity index (χ4v) is 4.38. The van der Waals surface area contributed by atoms with Crippen LogP contribution in [0.15, 0.2) is 30.6 Å². The summed E-state index contributed by atoms with van der Waals surface area (Å²) in [5.41, 5.74) is -2.70. The molecule has 48 heavy (non-hydrogen) atoms. The number of nitrogens with one attached hydrogen (secondary N) is 1. The van der Waals surface area contributed by atoms with E-state index in [0.29, 0.717) is 0 Å². The quantitative estimate of drug-likeness (QED) is 0.0548. The fourth-order valence-electron chi connectivity index (χ4n) is 4.38. The van der Waals surface area contributed by atoms with Crippen molar-refractivity contribution in [2.75, 3.05) is 108 Å². The third-order valence-corrected chi connectivity index (χ3v) is 7.81. The van der Waals surface area contributed by atoms with E-state index in [-0.39, 0.29) is 55.7 Å². The summed E-state index contributed by atoms with van der Waals surface area (Å²) >= 11 is 0. The van der Waals surface area contributed by atoms with Crippen LogP contribution in [0.5, 0.6) is 23.0 Å². The van der Waals surface area contributed by atoms with Crippen molar-refractivity contribution in [3.8, 4) is 23.0 Å². The molecule has 0 bridgehead atoms. The number of likely N-dealkylation sites (N-methyl/N-ethyl adjacent to an activating group) is 6. The molecule has 0 spiro atoms. The Labute approximate surface area is 302 Å². The van der Waals surface area contributed by atoms with Gasteiger partial charge in [0.25, 0.3) is 0 Å². The first-order chi connectivity index (χ1) is 21.8. The summed E-state index contributed by atoms with van der Waals surface area (Å²) in [6.45, 7) is 15.5. The molecule has 2 aromatic heterocycles. The van der Waals surface area contributed by atoms with Gasteiger partial charge in [-0.25, -0.2) is 9.59 Å². The zero-order valence-electron chi connectivity index (χ0n) is 29.1. The van der Waals surface area contributed by atoms with Crippen LogP contribution in [0.25, 0.3) is 38.0 Å². The Morgan fingerprint density at radius 1 is 0.688 bits per heavy atom. The first-order valence-corrected chi connectivity index (χ1v) is 15.4. The van der Waals surface area contributed by atoms with Gasteiger partial charge in [-0.3, -0.25) is 0 Å². The van der Waals surface area contributed by atoms with Crippen molar-refractivity contribution in [2.45, 2.75) is 13.8 Å². The molecule has 0 aliphatic carbocycles. The van der Waals surface area contributed by atoms with Crippen molar-refractivity contribution >= 4 is 32.7 Å². The molecule has 0 saturated heterocycles. The van der Waals surface area contributed by atoms with E-state index in [0.717, 1.165) is 77.6 Å². The minimum atomic E-state index is -0.941. The van der Waals surface area contributed by atoms with Crippen LogP contribution in [0.3, 0.4) is 0 Å². The molecule has 16 heteroatoms. The predicted molar refractivity (Wildman–Crippen MR) is 183 cm³/mol. The van der Waals surface area contributed by atoms with E-state index in [9.17, 15) is 30.0 Å². The van der Waals surface area contributed by atoms with Gasteiger partial charge in [-0.05, 0) is 67.0 Å². The Hall–Kier alpha value is -2.62. The third kappa shape index (κ3) is 12.4. The molecule has 0 aliphatic heterocycles. The first-order valence-electron chi connectivity index (χ1n) is 15.4. The maximum atomic E-state index is 12.0. The van der Waals surface area contributed by atoms with Crippen LogP contribution in [0.1, 0.15) is 13.8 Å². The number of phenols is 4. The van der Waals surface area contributed by atoms with Crippen molar-refractivity contribution < 1.29 is 63.4 Å². The molecule has 269 valence electrons. The molecular weight excluding hydrogens is 706 g/mol. The van der Waals surface area contributed by atoms with Crippen molar-refractivity contribution in [1.29, 1.82) is 0 Å². The number of hydrogen-bond donors (Lipinski definition) is 5. The molecule has 4 rings (SSSR count). The van der Waals surface area contributed by atoms with Gasteiger partial charge in [0, 0.05) is 67.1 Å². The van der Waals surface area contributed by atoms with Crippen LogP contribution < -0.4 is 16.6 Å². The van der Waals surface area contributed by atoms with Crippen molar-refractivity contribution in [3.05, 3.63) is 38.3 Å². The largest absolute Gasteiger partial charge is 3.00 e. The molecule has 0 fully saturated rings. The predicted octanol–water partition coefficient (Wildman–Crippen LogP) is 2.27. The van der Waals surface area contributed by atoms with Gasteiger partial charge in [0.05, 0.1) is 10.8 Å². The summed E-state index contributed by atoms with van der Waals surface area (Å²) in [5, 5.41) is 45.9. The van der Waals surface area contributed by atoms with E-state index >= 15 is 0 Å². The molecule has 0 amide bonds. The SMILES string of the molecule is CCN(C)CCN(C)CCNC.CCN(C)CCN(C)CC[N-]C.O=c1oc2c(O)c(O)cc3c(=O)oc4c(O)c(O)cc1c4c23.[Mn+3].[Mn]. The van der Waals surface area contributed by atoms with Crippen molar-refractivity contribution in [1.82, 2.24) is 24.9 Å². The smallest absolute Gasteiger partial charge is 0.664 e. The van der Waals surface area contributed by atoms with E-state index in [1.165, 1.54) is 0 Å². The minimum absolute atomic E-state index is 0. The van der Waals surface area contributed by atoms with Gasteiger partial charge in [-0.2, -0.15) is 7.05 Å². The molecule has 2 heterocycles. The van der Waals surface area contributed by atoms with Crippen molar-refractivity contribution in [2.24, 2.45) is 0 Å². The number of hydrogen-bond acceptors (Lipinski definition) is 13. The summed E-state index contributed by atoms with van der Waals surface area (Å²) in [6, 6.07) is 1.93. The molecule has 0 atom stereocenters. The topological polar surface area (TPSA) is 180 Å². The molecule has 0 saturated carbocycles. The Balaban J connectivity index is 0.000000739. The second kappa shape index (κ2) is 22.2. The van der Waals surface area contributed by atoms with Gasteiger partial charge in [0.15, 0.2) is 22.7 Å². The van der Waals surface area contributed by atoms with Gasteiger partial charge in [0.2, 0.25) is 11.5 Å².